The van der Waals surface area contributed by atoms with Gasteiger partial charge in [-0.05, 0) is 47.9 Å². The highest BCUT2D eigenvalue weighted by Crippen LogP contribution is 2.22. The van der Waals surface area contributed by atoms with Crippen LogP contribution in [-0.2, 0) is 9.53 Å². The first-order chi connectivity index (χ1) is 14.7. The Kier molecular flexibility index (Phi) is 7.61. The molecule has 0 radical (unpaired) electrons. The van der Waals surface area contributed by atoms with Crippen molar-refractivity contribution in [2.24, 2.45) is 0 Å². The molecule has 1 N–H and O–H groups in total. The Balaban J connectivity index is 1.51. The maximum absolute atomic E-state index is 12.2. The highest BCUT2D eigenvalue weighted by molar-refractivity contribution is 5.95. The van der Waals surface area contributed by atoms with E-state index in [4.69, 9.17) is 9.47 Å². The molecule has 0 unspecified atom stereocenters. The van der Waals surface area contributed by atoms with Crippen LogP contribution in [0.4, 0.5) is 5.69 Å². The molecule has 0 saturated carbocycles. The third kappa shape index (κ3) is 6.21. The molecule has 0 spiro atoms. The molecule has 3 aromatic rings. The summed E-state index contributed by atoms with van der Waals surface area (Å²) in [4.78, 5) is 24.3. The molecule has 0 bridgehead atoms. The molecular formula is C25H25NO4. The second-order valence-electron chi connectivity index (χ2n) is 6.80. The van der Waals surface area contributed by atoms with Crippen molar-refractivity contribution >= 4 is 17.6 Å². The van der Waals surface area contributed by atoms with Crippen LogP contribution in [0.3, 0.4) is 0 Å². The van der Waals surface area contributed by atoms with Crippen molar-refractivity contribution < 1.29 is 19.1 Å². The summed E-state index contributed by atoms with van der Waals surface area (Å²) >= 11 is 0. The van der Waals surface area contributed by atoms with Gasteiger partial charge in [0.05, 0.1) is 12.2 Å². The number of hydrogen-bond acceptors (Lipinski definition) is 4. The monoisotopic (exact) mass is 403 g/mol. The molecule has 0 aliphatic heterocycles. The Labute approximate surface area is 176 Å². The van der Waals surface area contributed by atoms with Crippen LogP contribution < -0.4 is 10.1 Å². The Bertz CT molecular complexity index is 968. The Morgan fingerprint density at radius 3 is 2.33 bits per heavy atom. The van der Waals surface area contributed by atoms with Gasteiger partial charge >= 0.3 is 5.97 Å². The van der Waals surface area contributed by atoms with Gasteiger partial charge in [-0.1, -0.05) is 61.9 Å². The molecule has 30 heavy (non-hydrogen) atoms. The van der Waals surface area contributed by atoms with Crippen LogP contribution in [0.25, 0.3) is 11.1 Å². The SMILES string of the molecule is CCCCOC(=O)c1cccc(NC(=O)COc2ccc(-c3ccccc3)cc2)c1. The van der Waals surface area contributed by atoms with E-state index in [0.717, 1.165) is 24.0 Å². The summed E-state index contributed by atoms with van der Waals surface area (Å²) in [5.74, 6) is -0.0916. The lowest BCUT2D eigenvalue weighted by Crippen LogP contribution is -2.20. The summed E-state index contributed by atoms with van der Waals surface area (Å²) < 4.78 is 10.8. The lowest BCUT2D eigenvalue weighted by atomic mass is 10.1. The first kappa shape index (κ1) is 21.1. The van der Waals surface area contributed by atoms with E-state index in [0.29, 0.717) is 23.6 Å². The standard InChI is InChI=1S/C25H25NO4/c1-2-3-16-29-25(28)21-10-7-11-22(17-21)26-24(27)18-30-23-14-12-20(13-15-23)19-8-5-4-6-9-19/h4-15,17H,2-3,16,18H2,1H3,(H,26,27). The summed E-state index contributed by atoms with van der Waals surface area (Å²) in [6, 6.07) is 24.3. The molecule has 0 aliphatic carbocycles. The third-order valence-corrected chi connectivity index (χ3v) is 4.44. The van der Waals surface area contributed by atoms with Crippen LogP contribution in [0.15, 0.2) is 78.9 Å². The molecule has 3 aromatic carbocycles. The summed E-state index contributed by atoms with van der Waals surface area (Å²) in [5.41, 5.74) is 3.12. The number of nitrogens with one attached hydrogen (secondary N) is 1. The maximum atomic E-state index is 12.2. The number of unbranched alkanes of at least 4 members (excludes halogenated alkanes) is 1. The third-order valence-electron chi connectivity index (χ3n) is 4.44. The summed E-state index contributed by atoms with van der Waals surface area (Å²) in [6.45, 7) is 2.29. The van der Waals surface area contributed by atoms with E-state index in [1.54, 1.807) is 24.3 Å². The first-order valence-corrected chi connectivity index (χ1v) is 10.0. The average molecular weight is 403 g/mol. The number of hydrogen-bond donors (Lipinski definition) is 1. The molecule has 5 nitrogen and oxygen atoms in total. The van der Waals surface area contributed by atoms with Gasteiger partial charge in [0.1, 0.15) is 5.75 Å². The van der Waals surface area contributed by atoms with Crippen LogP contribution in [0.2, 0.25) is 0 Å². The van der Waals surface area contributed by atoms with Crippen molar-refractivity contribution in [1.82, 2.24) is 0 Å². The molecule has 5 heteroatoms. The smallest absolute Gasteiger partial charge is 0.338 e. The van der Waals surface area contributed by atoms with Gasteiger partial charge in [0, 0.05) is 5.69 Å². The van der Waals surface area contributed by atoms with Gasteiger partial charge in [-0.25, -0.2) is 4.79 Å². The highest BCUT2D eigenvalue weighted by Gasteiger charge is 2.10. The molecule has 0 heterocycles. The summed E-state index contributed by atoms with van der Waals surface area (Å²) in [7, 11) is 0. The van der Waals surface area contributed by atoms with E-state index in [2.05, 4.69) is 5.32 Å². The van der Waals surface area contributed by atoms with E-state index < -0.39 is 5.97 Å². The minimum atomic E-state index is -0.394. The largest absolute Gasteiger partial charge is 0.484 e. The van der Waals surface area contributed by atoms with Crippen LogP contribution in [0, 0.1) is 0 Å². The number of ether oxygens (including phenoxy) is 2. The quantitative estimate of drug-likeness (QED) is 0.387. The normalized spacial score (nSPS) is 10.3. The van der Waals surface area contributed by atoms with Gasteiger partial charge in [0.15, 0.2) is 6.61 Å². The minimum Gasteiger partial charge on any atom is -0.484 e. The zero-order valence-corrected chi connectivity index (χ0v) is 17.0. The van der Waals surface area contributed by atoms with Gasteiger partial charge in [-0.2, -0.15) is 0 Å². The second kappa shape index (κ2) is 10.8. The summed E-state index contributed by atoms with van der Waals surface area (Å²) in [5, 5.41) is 2.74. The predicted octanol–water partition coefficient (Wildman–Crippen LogP) is 5.33. The fraction of sp³-hybridized carbons (Fsp3) is 0.200. The van der Waals surface area contributed by atoms with Gasteiger partial charge in [-0.3, -0.25) is 4.79 Å². The zero-order chi connectivity index (χ0) is 21.2. The van der Waals surface area contributed by atoms with E-state index in [1.165, 1.54) is 0 Å². The number of carbonyl (C=O) groups is 2. The van der Waals surface area contributed by atoms with Crippen LogP contribution in [0.1, 0.15) is 30.1 Å². The number of rotatable bonds is 9. The lowest BCUT2D eigenvalue weighted by Gasteiger charge is -2.10. The van der Waals surface area contributed by atoms with Crippen molar-refractivity contribution in [1.29, 1.82) is 0 Å². The van der Waals surface area contributed by atoms with Gasteiger partial charge < -0.3 is 14.8 Å². The van der Waals surface area contributed by atoms with E-state index in [-0.39, 0.29) is 12.5 Å². The molecular weight excluding hydrogens is 378 g/mol. The second-order valence-corrected chi connectivity index (χ2v) is 6.80. The Morgan fingerprint density at radius 1 is 0.867 bits per heavy atom. The minimum absolute atomic E-state index is 0.129. The van der Waals surface area contributed by atoms with Crippen molar-refractivity contribution in [3.05, 3.63) is 84.4 Å². The van der Waals surface area contributed by atoms with Crippen LogP contribution >= 0.6 is 0 Å². The van der Waals surface area contributed by atoms with Crippen LogP contribution in [0.5, 0.6) is 5.75 Å². The van der Waals surface area contributed by atoms with Crippen molar-refractivity contribution in [3.63, 3.8) is 0 Å². The number of carbonyl (C=O) groups excluding carboxylic acids is 2. The van der Waals surface area contributed by atoms with Crippen molar-refractivity contribution in [2.75, 3.05) is 18.5 Å². The molecule has 1 amide bonds. The van der Waals surface area contributed by atoms with Crippen LogP contribution in [-0.4, -0.2) is 25.1 Å². The van der Waals surface area contributed by atoms with E-state index in [1.807, 2.05) is 61.5 Å². The number of anilines is 1. The molecule has 0 fully saturated rings. The molecule has 3 rings (SSSR count). The van der Waals surface area contributed by atoms with Gasteiger partial charge in [0.2, 0.25) is 0 Å². The summed E-state index contributed by atoms with van der Waals surface area (Å²) in [6.07, 6.45) is 1.78. The van der Waals surface area contributed by atoms with E-state index >= 15 is 0 Å². The first-order valence-electron chi connectivity index (χ1n) is 10.0. The molecule has 0 atom stereocenters. The lowest BCUT2D eigenvalue weighted by molar-refractivity contribution is -0.118. The molecule has 0 aliphatic rings. The van der Waals surface area contributed by atoms with Gasteiger partial charge in [0.25, 0.3) is 5.91 Å². The Hall–Kier alpha value is -3.60. The zero-order valence-electron chi connectivity index (χ0n) is 17.0. The van der Waals surface area contributed by atoms with E-state index in [9.17, 15) is 9.59 Å². The predicted molar refractivity (Wildman–Crippen MR) is 118 cm³/mol. The van der Waals surface area contributed by atoms with Gasteiger partial charge in [-0.15, -0.1) is 0 Å². The van der Waals surface area contributed by atoms with Crippen molar-refractivity contribution in [3.8, 4) is 16.9 Å². The number of benzene rings is 3. The topological polar surface area (TPSA) is 64.6 Å². The molecule has 0 saturated heterocycles. The molecule has 0 aromatic heterocycles. The average Bonchev–Trinajstić information content (AvgIpc) is 2.79. The van der Waals surface area contributed by atoms with Crippen molar-refractivity contribution in [2.45, 2.75) is 19.8 Å². The molecule has 154 valence electrons. The fourth-order valence-electron chi connectivity index (χ4n) is 2.84. The maximum Gasteiger partial charge on any atom is 0.338 e. The number of amides is 1. The number of esters is 1. The highest BCUT2D eigenvalue weighted by atomic mass is 16.5. The fourth-order valence-corrected chi connectivity index (χ4v) is 2.84. The Morgan fingerprint density at radius 2 is 1.60 bits per heavy atom.